The summed E-state index contributed by atoms with van der Waals surface area (Å²) in [4.78, 5) is 35.2. The molecule has 3 amide bonds. The van der Waals surface area contributed by atoms with Crippen molar-refractivity contribution in [2.24, 2.45) is 0 Å². The maximum atomic E-state index is 12.2. The Morgan fingerprint density at radius 2 is 1.91 bits per heavy atom. The molecule has 0 aliphatic rings. The van der Waals surface area contributed by atoms with Crippen LogP contribution in [0.1, 0.15) is 44.5 Å². The van der Waals surface area contributed by atoms with Gasteiger partial charge in [-0.05, 0) is 45.4 Å². The molecule has 0 fully saturated rings. The van der Waals surface area contributed by atoms with E-state index in [1.807, 2.05) is 13.8 Å². The Hall–Kier alpha value is -2.57. The summed E-state index contributed by atoms with van der Waals surface area (Å²) in [5, 5.41) is 17.0. The van der Waals surface area contributed by atoms with Crippen LogP contribution in [-0.2, 0) is 4.79 Å². The summed E-state index contributed by atoms with van der Waals surface area (Å²) >= 11 is 0. The number of rotatable bonds is 6. The number of hydrogen-bond donors (Lipinski definition) is 4. The molecule has 0 saturated heterocycles. The minimum absolute atomic E-state index is 0.0118. The van der Waals surface area contributed by atoms with Crippen molar-refractivity contribution >= 4 is 23.6 Å². The number of carbonyl (C=O) groups is 3. The highest BCUT2D eigenvalue weighted by Crippen LogP contribution is 2.14. The van der Waals surface area contributed by atoms with Crippen LogP contribution in [0.4, 0.5) is 10.5 Å². The normalized spacial score (nSPS) is 13.1. The zero-order valence-corrected chi connectivity index (χ0v) is 13.8. The lowest BCUT2D eigenvalue weighted by Gasteiger charge is -2.24. The zero-order valence-electron chi connectivity index (χ0n) is 13.8. The second-order valence-corrected chi connectivity index (χ2v) is 5.78. The molecule has 7 heteroatoms. The van der Waals surface area contributed by atoms with E-state index in [1.54, 1.807) is 25.1 Å². The lowest BCUT2D eigenvalue weighted by atomic mass is 9.98. The summed E-state index contributed by atoms with van der Waals surface area (Å²) in [6.45, 7) is 6.80. The molecule has 0 aromatic heterocycles. The van der Waals surface area contributed by atoms with E-state index in [9.17, 15) is 19.5 Å². The Balaban J connectivity index is 2.85. The monoisotopic (exact) mass is 321 g/mol. The molecule has 23 heavy (non-hydrogen) atoms. The number of carboxylic acids is 1. The molecule has 1 aromatic carbocycles. The molecule has 126 valence electrons. The van der Waals surface area contributed by atoms with Gasteiger partial charge < -0.3 is 21.1 Å². The number of aliphatic carboxylic acids is 1. The van der Waals surface area contributed by atoms with Crippen LogP contribution >= 0.6 is 0 Å². The predicted octanol–water partition coefficient (Wildman–Crippen LogP) is 2.20. The zero-order chi connectivity index (χ0) is 17.6. The fourth-order valence-electron chi connectivity index (χ4n) is 1.78. The highest BCUT2D eigenvalue weighted by Gasteiger charge is 2.33. The van der Waals surface area contributed by atoms with Gasteiger partial charge in [0, 0.05) is 17.3 Å². The van der Waals surface area contributed by atoms with Crippen LogP contribution < -0.4 is 16.0 Å². The standard InChI is InChI=1S/C16H23N3O4/c1-5-16(4,14(21)22)19-13(20)11-7-6-8-12(9-11)18-15(23)17-10(2)3/h6-10H,5H2,1-4H3,(H,19,20)(H,21,22)(H2,17,18,23). The number of amides is 3. The number of anilines is 1. The largest absolute Gasteiger partial charge is 0.480 e. The third-order valence-electron chi connectivity index (χ3n) is 3.37. The molecular weight excluding hydrogens is 298 g/mol. The summed E-state index contributed by atoms with van der Waals surface area (Å²) in [6.07, 6.45) is 0.253. The fourth-order valence-corrected chi connectivity index (χ4v) is 1.78. The summed E-state index contributed by atoms with van der Waals surface area (Å²) < 4.78 is 0. The third kappa shape index (κ3) is 5.28. The van der Waals surface area contributed by atoms with E-state index in [4.69, 9.17) is 0 Å². The van der Waals surface area contributed by atoms with Crippen molar-refractivity contribution in [3.63, 3.8) is 0 Å². The van der Waals surface area contributed by atoms with Crippen LogP contribution in [0.2, 0.25) is 0 Å². The van der Waals surface area contributed by atoms with E-state index < -0.39 is 17.4 Å². The van der Waals surface area contributed by atoms with Crippen LogP contribution in [-0.4, -0.2) is 34.6 Å². The average Bonchev–Trinajstić information content (AvgIpc) is 2.46. The Labute approximate surface area is 135 Å². The second kappa shape index (κ2) is 7.62. The summed E-state index contributed by atoms with van der Waals surface area (Å²) in [5.41, 5.74) is -0.618. The van der Waals surface area contributed by atoms with Gasteiger partial charge in [0.2, 0.25) is 0 Å². The van der Waals surface area contributed by atoms with Gasteiger partial charge in [-0.2, -0.15) is 0 Å². The second-order valence-electron chi connectivity index (χ2n) is 5.78. The molecule has 0 aliphatic carbocycles. The van der Waals surface area contributed by atoms with Crippen molar-refractivity contribution in [3.05, 3.63) is 29.8 Å². The number of carbonyl (C=O) groups excluding carboxylic acids is 2. The molecule has 0 bridgehead atoms. The van der Waals surface area contributed by atoms with E-state index in [2.05, 4.69) is 16.0 Å². The summed E-state index contributed by atoms with van der Waals surface area (Å²) in [5.74, 6) is -1.61. The SMILES string of the molecule is CCC(C)(NC(=O)c1cccc(NC(=O)NC(C)C)c1)C(=O)O. The average molecular weight is 321 g/mol. The fraction of sp³-hybridized carbons (Fsp3) is 0.438. The summed E-state index contributed by atoms with van der Waals surface area (Å²) in [6, 6.07) is 5.92. The molecule has 1 atom stereocenters. The van der Waals surface area contributed by atoms with Crippen molar-refractivity contribution in [1.82, 2.24) is 10.6 Å². The minimum atomic E-state index is -1.34. The molecule has 7 nitrogen and oxygen atoms in total. The molecule has 0 saturated carbocycles. The highest BCUT2D eigenvalue weighted by molar-refractivity contribution is 5.99. The molecule has 0 spiro atoms. The number of urea groups is 1. The van der Waals surface area contributed by atoms with Gasteiger partial charge in [-0.3, -0.25) is 4.79 Å². The number of hydrogen-bond acceptors (Lipinski definition) is 3. The molecule has 1 rings (SSSR count). The topological polar surface area (TPSA) is 108 Å². The van der Waals surface area contributed by atoms with Gasteiger partial charge in [-0.25, -0.2) is 9.59 Å². The van der Waals surface area contributed by atoms with E-state index in [1.165, 1.54) is 13.0 Å². The first-order chi connectivity index (χ1) is 10.7. The molecular formula is C16H23N3O4. The van der Waals surface area contributed by atoms with Crippen LogP contribution in [0.25, 0.3) is 0 Å². The molecule has 1 aromatic rings. The van der Waals surface area contributed by atoms with E-state index in [0.717, 1.165) is 0 Å². The van der Waals surface area contributed by atoms with Crippen molar-refractivity contribution in [2.75, 3.05) is 5.32 Å². The Kier molecular flexibility index (Phi) is 6.12. The first kappa shape index (κ1) is 18.5. The van der Waals surface area contributed by atoms with Gasteiger partial charge in [0.1, 0.15) is 5.54 Å². The van der Waals surface area contributed by atoms with Gasteiger partial charge in [0.15, 0.2) is 0 Å². The maximum absolute atomic E-state index is 12.2. The molecule has 0 aliphatic heterocycles. The Morgan fingerprint density at radius 1 is 1.26 bits per heavy atom. The van der Waals surface area contributed by atoms with Crippen LogP contribution in [0.15, 0.2) is 24.3 Å². The number of carboxylic acid groups (broad SMARTS) is 1. The van der Waals surface area contributed by atoms with Crippen LogP contribution in [0.3, 0.4) is 0 Å². The first-order valence-corrected chi connectivity index (χ1v) is 7.41. The lowest BCUT2D eigenvalue weighted by Crippen LogP contribution is -2.51. The van der Waals surface area contributed by atoms with Crippen molar-refractivity contribution in [2.45, 2.75) is 45.7 Å². The van der Waals surface area contributed by atoms with E-state index in [-0.39, 0.29) is 24.1 Å². The molecule has 0 heterocycles. The molecule has 4 N–H and O–H groups in total. The third-order valence-corrected chi connectivity index (χ3v) is 3.37. The van der Waals surface area contributed by atoms with Gasteiger partial charge >= 0.3 is 12.0 Å². The smallest absolute Gasteiger partial charge is 0.329 e. The number of benzene rings is 1. The quantitative estimate of drug-likeness (QED) is 0.644. The van der Waals surface area contributed by atoms with Crippen molar-refractivity contribution in [3.8, 4) is 0 Å². The first-order valence-electron chi connectivity index (χ1n) is 7.41. The Bertz CT molecular complexity index is 601. The van der Waals surface area contributed by atoms with Crippen molar-refractivity contribution in [1.29, 1.82) is 0 Å². The molecule has 0 radical (unpaired) electrons. The predicted molar refractivity (Wildman–Crippen MR) is 87.5 cm³/mol. The highest BCUT2D eigenvalue weighted by atomic mass is 16.4. The van der Waals surface area contributed by atoms with Crippen molar-refractivity contribution < 1.29 is 19.5 Å². The minimum Gasteiger partial charge on any atom is -0.480 e. The van der Waals surface area contributed by atoms with Gasteiger partial charge in [-0.15, -0.1) is 0 Å². The Morgan fingerprint density at radius 3 is 2.43 bits per heavy atom. The molecule has 1 unspecified atom stereocenters. The number of nitrogens with one attached hydrogen (secondary N) is 3. The van der Waals surface area contributed by atoms with Crippen LogP contribution in [0, 0.1) is 0 Å². The van der Waals surface area contributed by atoms with Gasteiger partial charge in [0.25, 0.3) is 5.91 Å². The van der Waals surface area contributed by atoms with E-state index >= 15 is 0 Å². The van der Waals surface area contributed by atoms with Gasteiger partial charge in [0.05, 0.1) is 0 Å². The van der Waals surface area contributed by atoms with E-state index in [0.29, 0.717) is 5.69 Å². The van der Waals surface area contributed by atoms with Gasteiger partial charge in [-0.1, -0.05) is 13.0 Å². The summed E-state index contributed by atoms with van der Waals surface area (Å²) in [7, 11) is 0. The van der Waals surface area contributed by atoms with Crippen LogP contribution in [0.5, 0.6) is 0 Å². The lowest BCUT2D eigenvalue weighted by molar-refractivity contribution is -0.143. The maximum Gasteiger partial charge on any atom is 0.329 e.